The maximum Gasteiger partial charge on any atom is 0.240 e. The number of nitrogens with one attached hydrogen (secondary N) is 1. The third-order valence-electron chi connectivity index (χ3n) is 2.98. The second kappa shape index (κ2) is 7.06. The van der Waals surface area contributed by atoms with E-state index in [9.17, 15) is 0 Å². The molecule has 5 nitrogen and oxygen atoms in total. The lowest BCUT2D eigenvalue weighted by atomic mass is 10.0. The van der Waals surface area contributed by atoms with Gasteiger partial charge in [-0.3, -0.25) is 0 Å². The molecule has 1 aromatic heterocycles. The summed E-state index contributed by atoms with van der Waals surface area (Å²) in [7, 11) is 4.90. The van der Waals surface area contributed by atoms with Gasteiger partial charge in [0.25, 0.3) is 0 Å². The molecule has 1 atom stereocenters. The highest BCUT2D eigenvalue weighted by molar-refractivity contribution is 9.10. The number of rotatable bonds is 5. The third-order valence-corrected chi connectivity index (χ3v) is 3.80. The summed E-state index contributed by atoms with van der Waals surface area (Å²) in [5.74, 6) is 0.792. The van der Waals surface area contributed by atoms with Crippen LogP contribution in [0.4, 0.5) is 0 Å². The van der Waals surface area contributed by atoms with E-state index >= 15 is 0 Å². The van der Waals surface area contributed by atoms with Gasteiger partial charge in [-0.1, -0.05) is 33.6 Å². The van der Waals surface area contributed by atoms with Gasteiger partial charge < -0.3 is 14.8 Å². The summed E-state index contributed by atoms with van der Waals surface area (Å²) in [5.41, 5.74) is 1.53. The average molecular weight is 373 g/mol. The topological polar surface area (TPSA) is 56.3 Å². The molecule has 21 heavy (non-hydrogen) atoms. The van der Waals surface area contributed by atoms with Crippen LogP contribution in [0.15, 0.2) is 28.9 Å². The fourth-order valence-corrected chi connectivity index (χ4v) is 2.77. The van der Waals surface area contributed by atoms with Crippen molar-refractivity contribution < 1.29 is 9.47 Å². The molecule has 0 aliphatic carbocycles. The van der Waals surface area contributed by atoms with Gasteiger partial charge in [0.05, 0.1) is 26.5 Å². The summed E-state index contributed by atoms with van der Waals surface area (Å²) in [6.45, 7) is 0. The number of hydrogen-bond donors (Lipinski definition) is 1. The Labute approximate surface area is 136 Å². The molecule has 1 unspecified atom stereocenters. The zero-order chi connectivity index (χ0) is 15.4. The number of halogens is 2. The molecule has 0 aliphatic rings. The fraction of sp³-hybridized carbons (Fsp3) is 0.286. The second-order valence-electron chi connectivity index (χ2n) is 4.19. The highest BCUT2D eigenvalue weighted by Crippen LogP contribution is 2.33. The Hall–Kier alpha value is -1.37. The predicted molar refractivity (Wildman–Crippen MR) is 85.2 cm³/mol. The number of nitrogens with zero attached hydrogens (tertiary/aromatic N) is 2. The normalized spacial score (nSPS) is 12.0. The number of aromatic nitrogens is 2. The number of benzene rings is 1. The van der Waals surface area contributed by atoms with Gasteiger partial charge in [0.2, 0.25) is 11.8 Å². The van der Waals surface area contributed by atoms with Crippen molar-refractivity contribution in [1.29, 1.82) is 0 Å². The molecule has 2 aromatic rings. The van der Waals surface area contributed by atoms with Gasteiger partial charge in [-0.05, 0) is 24.7 Å². The van der Waals surface area contributed by atoms with Crippen LogP contribution < -0.4 is 14.8 Å². The lowest BCUT2D eigenvalue weighted by molar-refractivity contribution is 0.353. The van der Waals surface area contributed by atoms with Crippen molar-refractivity contribution in [3.8, 4) is 11.8 Å². The number of ether oxygens (including phenoxy) is 2. The van der Waals surface area contributed by atoms with Crippen LogP contribution >= 0.6 is 27.5 Å². The van der Waals surface area contributed by atoms with E-state index in [1.165, 1.54) is 7.11 Å². The van der Waals surface area contributed by atoms with Crippen LogP contribution in [0.25, 0.3) is 0 Å². The fourth-order valence-electron chi connectivity index (χ4n) is 1.99. The standard InChI is InChI=1S/C14H15BrClN3O2/c1-17-12(9-5-4-8(15)6-10(9)16)13-14(21-3)19-11(20-2)7-18-13/h4-7,12,17H,1-3H3. The Morgan fingerprint density at radius 1 is 1.29 bits per heavy atom. The molecular formula is C14H15BrClN3O2. The van der Waals surface area contributed by atoms with Crippen LogP contribution in [0.1, 0.15) is 17.3 Å². The molecule has 0 saturated heterocycles. The highest BCUT2D eigenvalue weighted by atomic mass is 79.9. The van der Waals surface area contributed by atoms with Crippen molar-refractivity contribution in [2.45, 2.75) is 6.04 Å². The molecule has 2 rings (SSSR count). The minimum Gasteiger partial charge on any atom is -0.480 e. The van der Waals surface area contributed by atoms with Crippen molar-refractivity contribution in [3.63, 3.8) is 0 Å². The van der Waals surface area contributed by atoms with E-state index in [0.717, 1.165) is 10.0 Å². The molecule has 0 amide bonds. The molecule has 0 fully saturated rings. The largest absolute Gasteiger partial charge is 0.480 e. The first kappa shape index (κ1) is 16.0. The first-order valence-electron chi connectivity index (χ1n) is 6.17. The Morgan fingerprint density at radius 3 is 2.62 bits per heavy atom. The quantitative estimate of drug-likeness (QED) is 0.873. The van der Waals surface area contributed by atoms with Gasteiger partial charge in [-0.25, -0.2) is 4.98 Å². The Morgan fingerprint density at radius 2 is 2.05 bits per heavy atom. The Bertz CT molecular complexity index is 640. The summed E-state index contributed by atoms with van der Waals surface area (Å²) < 4.78 is 11.3. The SMILES string of the molecule is CNC(c1ccc(Br)cc1Cl)c1ncc(OC)nc1OC. The monoisotopic (exact) mass is 371 g/mol. The molecule has 1 heterocycles. The van der Waals surface area contributed by atoms with Crippen molar-refractivity contribution in [3.05, 3.63) is 45.1 Å². The second-order valence-corrected chi connectivity index (χ2v) is 5.52. The Balaban J connectivity index is 2.50. The summed E-state index contributed by atoms with van der Waals surface area (Å²) in [6, 6.07) is 5.46. The molecule has 0 saturated carbocycles. The molecular weight excluding hydrogens is 358 g/mol. The predicted octanol–water partition coefficient (Wildman–Crippen LogP) is 3.22. The van der Waals surface area contributed by atoms with Crippen molar-refractivity contribution >= 4 is 27.5 Å². The first-order chi connectivity index (χ1) is 10.1. The molecule has 0 aliphatic heterocycles. The van der Waals surface area contributed by atoms with Crippen LogP contribution in [-0.2, 0) is 0 Å². The van der Waals surface area contributed by atoms with E-state index in [0.29, 0.717) is 22.5 Å². The summed E-state index contributed by atoms with van der Waals surface area (Å²) in [5, 5.41) is 3.81. The average Bonchev–Trinajstić information content (AvgIpc) is 2.50. The summed E-state index contributed by atoms with van der Waals surface area (Å²) in [4.78, 5) is 8.64. The number of hydrogen-bond acceptors (Lipinski definition) is 5. The molecule has 112 valence electrons. The van der Waals surface area contributed by atoms with E-state index in [2.05, 4.69) is 31.2 Å². The lowest BCUT2D eigenvalue weighted by Crippen LogP contribution is -2.20. The van der Waals surface area contributed by atoms with Crippen molar-refractivity contribution in [2.24, 2.45) is 0 Å². The van der Waals surface area contributed by atoms with Crippen LogP contribution in [0.3, 0.4) is 0 Å². The van der Waals surface area contributed by atoms with Crippen LogP contribution in [0, 0.1) is 0 Å². The van der Waals surface area contributed by atoms with E-state index in [4.69, 9.17) is 21.1 Å². The summed E-state index contributed by atoms with van der Waals surface area (Å²) in [6.07, 6.45) is 1.55. The molecule has 7 heteroatoms. The molecule has 0 radical (unpaired) electrons. The van der Waals surface area contributed by atoms with Gasteiger partial charge in [0.1, 0.15) is 5.69 Å². The van der Waals surface area contributed by atoms with Gasteiger partial charge in [-0.2, -0.15) is 4.98 Å². The maximum atomic E-state index is 6.32. The van der Waals surface area contributed by atoms with E-state index in [1.807, 2.05) is 25.2 Å². The van der Waals surface area contributed by atoms with Crippen LogP contribution in [0.5, 0.6) is 11.8 Å². The first-order valence-corrected chi connectivity index (χ1v) is 7.35. The molecule has 1 N–H and O–H groups in total. The maximum absolute atomic E-state index is 6.32. The zero-order valence-electron chi connectivity index (χ0n) is 11.9. The van der Waals surface area contributed by atoms with Gasteiger partial charge in [-0.15, -0.1) is 0 Å². The van der Waals surface area contributed by atoms with Gasteiger partial charge in [0.15, 0.2) is 0 Å². The summed E-state index contributed by atoms with van der Waals surface area (Å²) >= 11 is 9.72. The van der Waals surface area contributed by atoms with Crippen LogP contribution in [0.2, 0.25) is 5.02 Å². The minimum absolute atomic E-state index is 0.237. The molecule has 0 bridgehead atoms. The minimum atomic E-state index is -0.237. The Kier molecular flexibility index (Phi) is 5.39. The van der Waals surface area contributed by atoms with Crippen molar-refractivity contribution in [1.82, 2.24) is 15.3 Å². The molecule has 1 aromatic carbocycles. The van der Waals surface area contributed by atoms with Gasteiger partial charge >= 0.3 is 0 Å². The third kappa shape index (κ3) is 3.45. The van der Waals surface area contributed by atoms with E-state index in [-0.39, 0.29) is 6.04 Å². The lowest BCUT2D eigenvalue weighted by Gasteiger charge is -2.19. The highest BCUT2D eigenvalue weighted by Gasteiger charge is 2.22. The van der Waals surface area contributed by atoms with E-state index < -0.39 is 0 Å². The molecule has 0 spiro atoms. The smallest absolute Gasteiger partial charge is 0.240 e. The van der Waals surface area contributed by atoms with Crippen molar-refractivity contribution in [2.75, 3.05) is 21.3 Å². The van der Waals surface area contributed by atoms with Gasteiger partial charge in [0, 0.05) is 9.50 Å². The number of methoxy groups -OCH3 is 2. The van der Waals surface area contributed by atoms with E-state index in [1.54, 1.807) is 13.3 Å². The zero-order valence-corrected chi connectivity index (χ0v) is 14.2. The van der Waals surface area contributed by atoms with Crippen LogP contribution in [-0.4, -0.2) is 31.2 Å².